The van der Waals surface area contributed by atoms with Gasteiger partial charge in [-0.25, -0.2) is 0 Å². The van der Waals surface area contributed by atoms with Crippen LogP contribution in [0.25, 0.3) is 120 Å². The van der Waals surface area contributed by atoms with E-state index in [0.29, 0.717) is 0 Å². The summed E-state index contributed by atoms with van der Waals surface area (Å²) in [6, 6.07) is 106. The summed E-state index contributed by atoms with van der Waals surface area (Å²) in [5.41, 5.74) is 20.7. The first-order valence-corrected chi connectivity index (χ1v) is 37.7. The summed E-state index contributed by atoms with van der Waals surface area (Å²) in [7, 11) is 0. The second-order valence-electron chi connectivity index (χ2n) is 27.8. The Morgan fingerprint density at radius 1 is 0.410 bits per heavy atom. The molecular formula is C93H63BN2S4. The van der Waals surface area contributed by atoms with Crippen molar-refractivity contribution in [2.45, 2.75) is 31.7 Å². The fourth-order valence-corrected chi connectivity index (χ4v) is 21.5. The molecule has 0 N–H and O–H groups in total. The van der Waals surface area contributed by atoms with Gasteiger partial charge in [0.2, 0.25) is 0 Å². The van der Waals surface area contributed by atoms with Crippen LogP contribution in [0.15, 0.2) is 322 Å². The highest BCUT2D eigenvalue weighted by Crippen LogP contribution is 2.58. The second-order valence-corrected chi connectivity index (χ2v) is 32.0. The number of benzene rings is 13. The zero-order chi connectivity index (χ0) is 66.4. The van der Waals surface area contributed by atoms with Gasteiger partial charge in [0.1, 0.15) is 5.54 Å². The average Bonchev–Trinajstić information content (AvgIpc) is 1.03. The van der Waals surface area contributed by atoms with Gasteiger partial charge >= 0.3 is 0 Å². The van der Waals surface area contributed by atoms with Crippen LogP contribution in [0, 0.1) is 0 Å². The van der Waals surface area contributed by atoms with E-state index in [9.17, 15) is 0 Å². The minimum absolute atomic E-state index is 0.165. The summed E-state index contributed by atoms with van der Waals surface area (Å²) >= 11 is 7.60. The van der Waals surface area contributed by atoms with Gasteiger partial charge in [-0.3, -0.25) is 0 Å². The first kappa shape index (κ1) is 59.2. The van der Waals surface area contributed by atoms with Crippen molar-refractivity contribution in [1.82, 2.24) is 0 Å². The molecule has 1 unspecified atom stereocenters. The highest BCUT2D eigenvalue weighted by molar-refractivity contribution is 7.27. The molecule has 17 aromatic rings. The van der Waals surface area contributed by atoms with Gasteiger partial charge in [-0.05, 0) is 127 Å². The predicted octanol–water partition coefficient (Wildman–Crippen LogP) is 25.1. The van der Waals surface area contributed by atoms with Crippen LogP contribution in [0.1, 0.15) is 48.6 Å². The third-order valence-electron chi connectivity index (χ3n) is 21.1. The van der Waals surface area contributed by atoms with Gasteiger partial charge in [0, 0.05) is 121 Å². The van der Waals surface area contributed by atoms with Gasteiger partial charge in [0.25, 0.3) is 6.71 Å². The van der Waals surface area contributed by atoms with E-state index in [1.54, 1.807) is 0 Å². The minimum atomic E-state index is -0.902. The maximum atomic E-state index is 2.83. The zero-order valence-electron chi connectivity index (χ0n) is 55.3. The lowest BCUT2D eigenvalue weighted by molar-refractivity contribution is 0.590. The average molecular weight is 1350 g/mol. The molecule has 2 aliphatic heterocycles. The molecule has 2 nitrogen and oxygen atoms in total. The molecule has 0 amide bonds. The highest BCUT2D eigenvalue weighted by Gasteiger charge is 2.52. The molecular weight excluding hydrogens is 1280 g/mol. The van der Waals surface area contributed by atoms with Crippen molar-refractivity contribution in [3.63, 3.8) is 0 Å². The molecule has 0 fully saturated rings. The lowest BCUT2D eigenvalue weighted by Crippen LogP contribution is -2.64. The fourth-order valence-electron chi connectivity index (χ4n) is 16.5. The summed E-state index contributed by atoms with van der Waals surface area (Å²) in [4.78, 5) is 5.42. The predicted molar refractivity (Wildman–Crippen MR) is 440 cm³/mol. The second kappa shape index (κ2) is 23.1. The number of hydrogen-bond donors (Lipinski definition) is 0. The van der Waals surface area contributed by atoms with E-state index in [-0.39, 0.29) is 12.1 Å². The summed E-state index contributed by atoms with van der Waals surface area (Å²) in [5.74, 6) is 0. The van der Waals surface area contributed by atoms with Crippen molar-refractivity contribution in [3.05, 3.63) is 350 Å². The molecule has 100 heavy (non-hydrogen) atoms. The van der Waals surface area contributed by atoms with E-state index in [0.717, 1.165) is 28.1 Å². The van der Waals surface area contributed by atoms with Crippen molar-refractivity contribution in [2.24, 2.45) is 0 Å². The van der Waals surface area contributed by atoms with Crippen LogP contribution in [0.3, 0.4) is 0 Å². The molecule has 0 radical (unpaired) electrons. The molecule has 0 saturated heterocycles. The van der Waals surface area contributed by atoms with E-state index in [2.05, 4.69) is 358 Å². The maximum Gasteiger partial charge on any atom is 0.252 e. The van der Waals surface area contributed by atoms with Crippen LogP contribution >= 0.6 is 45.3 Å². The number of thiophene rings is 4. The molecule has 6 heterocycles. The van der Waals surface area contributed by atoms with Gasteiger partial charge in [-0.2, -0.15) is 0 Å². The molecule has 1 atom stereocenters. The normalized spacial score (nSPS) is 15.3. The van der Waals surface area contributed by atoms with Crippen LogP contribution in [0.4, 0.5) is 22.7 Å². The quantitative estimate of drug-likeness (QED) is 0.0995. The number of anilines is 4. The van der Waals surface area contributed by atoms with E-state index in [1.165, 1.54) is 153 Å². The van der Waals surface area contributed by atoms with E-state index in [1.807, 2.05) is 45.3 Å². The smallest absolute Gasteiger partial charge is 0.252 e. The van der Waals surface area contributed by atoms with Crippen LogP contribution in [0.2, 0.25) is 0 Å². The molecule has 1 aliphatic carbocycles. The van der Waals surface area contributed by atoms with Crippen molar-refractivity contribution in [3.8, 4) is 22.3 Å². The largest absolute Gasteiger partial charge is 0.324 e. The number of nitrogens with zero attached hydrogens (tertiary/aromatic N) is 2. The third kappa shape index (κ3) is 9.19. The molecule has 0 saturated carbocycles. The van der Waals surface area contributed by atoms with E-state index in [4.69, 9.17) is 0 Å². The first-order chi connectivity index (χ1) is 49.2. The summed E-state index contributed by atoms with van der Waals surface area (Å²) in [6.45, 7) is 6.93. The number of rotatable bonds is 10. The Morgan fingerprint density at radius 3 is 1.62 bits per heavy atom. The Labute approximate surface area is 597 Å². The summed E-state index contributed by atoms with van der Waals surface area (Å²) < 4.78 is 10.3. The Morgan fingerprint density at radius 2 is 0.940 bits per heavy atom. The lowest BCUT2D eigenvalue weighted by Gasteiger charge is -2.51. The van der Waals surface area contributed by atoms with Gasteiger partial charge < -0.3 is 9.80 Å². The lowest BCUT2D eigenvalue weighted by atomic mass is 9.33. The molecule has 3 aliphatic rings. The monoisotopic (exact) mass is 1350 g/mol. The molecule has 7 heteroatoms. The first-order valence-electron chi connectivity index (χ1n) is 34.5. The van der Waals surface area contributed by atoms with Crippen LogP contribution < -0.4 is 26.2 Å². The Bertz CT molecular complexity index is 6420. The van der Waals surface area contributed by atoms with Crippen LogP contribution in [0.5, 0.6) is 0 Å². The van der Waals surface area contributed by atoms with Crippen LogP contribution in [-0.2, 0) is 11.0 Å². The van der Waals surface area contributed by atoms with Crippen molar-refractivity contribution < 1.29 is 0 Å². The molecule has 0 bridgehead atoms. The summed E-state index contributed by atoms with van der Waals surface area (Å²) in [6.07, 6.45) is 19.1. The minimum Gasteiger partial charge on any atom is -0.324 e. The third-order valence-corrected chi connectivity index (χ3v) is 26.0. The van der Waals surface area contributed by atoms with Crippen molar-refractivity contribution >= 4 is 189 Å². The zero-order valence-corrected chi connectivity index (χ0v) is 58.5. The molecule has 13 aromatic carbocycles. The number of allylic oxidation sites excluding steroid dienone is 6. The fraction of sp³-hybridized carbons (Fsp3) is 0.0538. The topological polar surface area (TPSA) is 6.48 Å². The van der Waals surface area contributed by atoms with Gasteiger partial charge in [0.15, 0.2) is 0 Å². The van der Waals surface area contributed by atoms with Crippen LogP contribution in [-0.4, -0.2) is 6.71 Å². The SMILES string of the molecule is CC(C)(C)c1ccc2c(c1)B1c3cc(-c4ccccc4)ccc3N(/C=C(/C=C\C=C\c3cccc4c3sc3ccccc34)c3cccc4c3sc3ccccc34)c3cc(-c4ccccc4)cc(c31)N2C1(c2cccc3c2sc2ccccc23)C=CC=C1c1cccc2c1sc1ccccc12. The Hall–Kier alpha value is -10.9. The maximum absolute atomic E-state index is 2.83. The van der Waals surface area contributed by atoms with E-state index >= 15 is 0 Å². The van der Waals surface area contributed by atoms with Gasteiger partial charge in [-0.1, -0.05) is 288 Å². The Balaban J connectivity index is 0.902. The number of fused-ring (bicyclic) bond motifs is 16. The van der Waals surface area contributed by atoms with E-state index < -0.39 is 5.54 Å². The van der Waals surface area contributed by atoms with Gasteiger partial charge in [0.05, 0.1) is 0 Å². The molecule has 472 valence electrons. The standard InChI is InChI=1S/C93H63BN2S4/c1-92(2,3)64-49-51-80-78(56-64)94-77-53-61(58-25-6-4-7-26-58)48-50-79(77)95(57-62(65-36-21-38-71-67-33-13-17-45-84(67)98-89(65)71)30-11-10-29-60-31-20-37-70-66-32-12-16-44-83(66)97-88(60)70)81-54-63(59-27-8-5-9-28-59)55-82(87(81)94)96(80)93(76-42-23-40-73-69-35-15-19-47-86(69)100-91(73)76)52-24-43-75(93)74-41-22-39-72-68-34-14-18-46-85(68)99-90(72)74/h4-57H,1-3H3/b29-10+,30-11-,62-57-. The molecule has 0 spiro atoms. The van der Waals surface area contributed by atoms with Crippen molar-refractivity contribution in [2.75, 3.05) is 9.80 Å². The summed E-state index contributed by atoms with van der Waals surface area (Å²) in [5, 5.41) is 10.3. The Kier molecular flexibility index (Phi) is 13.7. The van der Waals surface area contributed by atoms with Crippen molar-refractivity contribution in [1.29, 1.82) is 0 Å². The highest BCUT2D eigenvalue weighted by atomic mass is 32.1. The number of hydrogen-bond acceptors (Lipinski definition) is 6. The van der Waals surface area contributed by atoms with Gasteiger partial charge in [-0.15, -0.1) is 45.3 Å². The molecule has 4 aromatic heterocycles. The molecule has 20 rings (SSSR count).